The van der Waals surface area contributed by atoms with Crippen molar-refractivity contribution in [3.05, 3.63) is 34.9 Å². The minimum absolute atomic E-state index is 0.0560. The average Bonchev–Trinajstić information content (AvgIpc) is 2.36. The third kappa shape index (κ3) is 4.04. The first-order valence-electron chi connectivity index (χ1n) is 5.65. The minimum Gasteiger partial charge on any atom is -0.481 e. The molecule has 0 unspecified atom stereocenters. The maximum absolute atomic E-state index is 11.6. The molecule has 1 rings (SSSR count). The number of carbonyl (C=O) groups is 2. The third-order valence-corrected chi connectivity index (χ3v) is 2.72. The molecule has 0 bridgehead atoms. The molecule has 0 spiro atoms. The average molecular weight is 271 g/mol. The normalized spacial score (nSPS) is 10.1. The second-order valence-corrected chi connectivity index (χ2v) is 4.01. The summed E-state index contributed by atoms with van der Waals surface area (Å²) in [4.78, 5) is 22.1. The van der Waals surface area contributed by atoms with Crippen LogP contribution < -0.4 is 0 Å². The van der Waals surface area contributed by atoms with Gasteiger partial charge in [0.25, 0.3) is 0 Å². The van der Waals surface area contributed by atoms with Crippen LogP contribution in [0, 0.1) is 0 Å². The van der Waals surface area contributed by atoms with Crippen LogP contribution in [0.2, 0.25) is 0 Å². The zero-order valence-electron chi connectivity index (χ0n) is 10.1. The van der Waals surface area contributed by atoms with Gasteiger partial charge >= 0.3 is 11.9 Å². The van der Waals surface area contributed by atoms with Crippen molar-refractivity contribution in [2.75, 3.05) is 6.61 Å². The lowest BCUT2D eigenvalue weighted by Crippen LogP contribution is -2.08. The van der Waals surface area contributed by atoms with Gasteiger partial charge in [0, 0.05) is 12.3 Å². The van der Waals surface area contributed by atoms with Crippen molar-refractivity contribution in [1.82, 2.24) is 0 Å². The second kappa shape index (κ2) is 7.01. The molecule has 5 heteroatoms. The molecular weight excluding hydrogens is 256 g/mol. The standard InChI is InChI=1S/C13H15ClO4/c1-2-18-13(17)11-5-3-9(4-6-12(15)16)7-10(11)8-14/h3,5,7H,2,4,6,8H2,1H3,(H,15,16). The Balaban J connectivity index is 2.89. The Bertz CT molecular complexity index is 443. The van der Waals surface area contributed by atoms with Crippen LogP contribution in [0.1, 0.15) is 34.8 Å². The molecule has 98 valence electrons. The minimum atomic E-state index is -0.850. The largest absolute Gasteiger partial charge is 0.481 e. The van der Waals surface area contributed by atoms with Crippen LogP contribution in [0.3, 0.4) is 0 Å². The molecule has 0 heterocycles. The molecule has 0 aliphatic carbocycles. The van der Waals surface area contributed by atoms with Gasteiger partial charge in [-0.15, -0.1) is 11.6 Å². The molecule has 18 heavy (non-hydrogen) atoms. The molecule has 0 saturated heterocycles. The first-order chi connectivity index (χ1) is 8.58. The summed E-state index contributed by atoms with van der Waals surface area (Å²) < 4.78 is 4.92. The van der Waals surface area contributed by atoms with Crippen LogP contribution >= 0.6 is 11.6 Å². The summed E-state index contributed by atoms with van der Waals surface area (Å²) in [6, 6.07) is 5.11. The smallest absolute Gasteiger partial charge is 0.338 e. The summed E-state index contributed by atoms with van der Waals surface area (Å²) in [6.07, 6.45) is 0.475. The number of alkyl halides is 1. The molecule has 0 aliphatic rings. The highest BCUT2D eigenvalue weighted by atomic mass is 35.5. The number of hydrogen-bond donors (Lipinski definition) is 1. The maximum atomic E-state index is 11.6. The monoisotopic (exact) mass is 270 g/mol. The predicted molar refractivity (Wildman–Crippen MR) is 67.9 cm³/mol. The number of hydrogen-bond acceptors (Lipinski definition) is 3. The number of carboxylic acids is 1. The van der Waals surface area contributed by atoms with Crippen molar-refractivity contribution < 1.29 is 19.4 Å². The quantitative estimate of drug-likeness (QED) is 0.637. The lowest BCUT2D eigenvalue weighted by atomic mass is 10.0. The van der Waals surface area contributed by atoms with Gasteiger partial charge in [0.15, 0.2) is 0 Å². The van der Waals surface area contributed by atoms with Gasteiger partial charge in [-0.05, 0) is 30.5 Å². The van der Waals surface area contributed by atoms with Crippen molar-refractivity contribution >= 4 is 23.5 Å². The van der Waals surface area contributed by atoms with Gasteiger partial charge in [0.1, 0.15) is 0 Å². The molecule has 0 amide bonds. The van der Waals surface area contributed by atoms with Crippen LogP contribution in [-0.2, 0) is 21.8 Å². The Kier molecular flexibility index (Phi) is 5.65. The molecular formula is C13H15ClO4. The molecule has 1 aromatic rings. The van der Waals surface area contributed by atoms with E-state index in [2.05, 4.69) is 0 Å². The topological polar surface area (TPSA) is 63.6 Å². The van der Waals surface area contributed by atoms with E-state index >= 15 is 0 Å². The molecule has 0 aliphatic heterocycles. The Hall–Kier alpha value is -1.55. The summed E-state index contributed by atoms with van der Waals surface area (Å²) in [6.45, 7) is 2.04. The molecule has 0 radical (unpaired) electrons. The SMILES string of the molecule is CCOC(=O)c1ccc(CCC(=O)O)cc1CCl. The van der Waals surface area contributed by atoms with E-state index in [1.54, 1.807) is 25.1 Å². The molecule has 0 fully saturated rings. The number of benzene rings is 1. The van der Waals surface area contributed by atoms with E-state index in [0.717, 1.165) is 5.56 Å². The van der Waals surface area contributed by atoms with Gasteiger partial charge in [0.2, 0.25) is 0 Å². The van der Waals surface area contributed by atoms with E-state index in [1.807, 2.05) is 0 Å². The highest BCUT2D eigenvalue weighted by Crippen LogP contribution is 2.17. The van der Waals surface area contributed by atoms with E-state index in [-0.39, 0.29) is 12.3 Å². The van der Waals surface area contributed by atoms with Gasteiger partial charge in [-0.2, -0.15) is 0 Å². The zero-order valence-corrected chi connectivity index (χ0v) is 10.9. The first kappa shape index (κ1) is 14.5. The number of halogens is 1. The zero-order chi connectivity index (χ0) is 13.5. The molecule has 1 N–H and O–H groups in total. The second-order valence-electron chi connectivity index (χ2n) is 3.74. The van der Waals surface area contributed by atoms with Crippen molar-refractivity contribution in [1.29, 1.82) is 0 Å². The lowest BCUT2D eigenvalue weighted by molar-refractivity contribution is -0.136. The highest BCUT2D eigenvalue weighted by molar-refractivity contribution is 6.17. The van der Waals surface area contributed by atoms with Crippen molar-refractivity contribution in [3.8, 4) is 0 Å². The van der Waals surface area contributed by atoms with Gasteiger partial charge < -0.3 is 9.84 Å². The van der Waals surface area contributed by atoms with Crippen LogP contribution in [0.4, 0.5) is 0 Å². The molecule has 4 nitrogen and oxygen atoms in total. The summed E-state index contributed by atoms with van der Waals surface area (Å²) in [5.74, 6) is -1.07. The van der Waals surface area contributed by atoms with E-state index < -0.39 is 11.9 Å². The van der Waals surface area contributed by atoms with Gasteiger partial charge in [-0.1, -0.05) is 12.1 Å². The molecule has 1 aromatic carbocycles. The van der Waals surface area contributed by atoms with Crippen LogP contribution in [0.25, 0.3) is 0 Å². The number of ether oxygens (including phenoxy) is 1. The molecule has 0 aromatic heterocycles. The summed E-state index contributed by atoms with van der Waals surface area (Å²) >= 11 is 5.79. The lowest BCUT2D eigenvalue weighted by Gasteiger charge is -2.08. The van der Waals surface area contributed by atoms with Crippen molar-refractivity contribution in [3.63, 3.8) is 0 Å². The maximum Gasteiger partial charge on any atom is 0.338 e. The fraction of sp³-hybridized carbons (Fsp3) is 0.385. The molecule has 0 atom stereocenters. The van der Waals surface area contributed by atoms with Crippen LogP contribution in [0.5, 0.6) is 0 Å². The van der Waals surface area contributed by atoms with E-state index in [1.165, 1.54) is 0 Å². The van der Waals surface area contributed by atoms with Gasteiger partial charge in [0.05, 0.1) is 12.2 Å². The van der Waals surface area contributed by atoms with Gasteiger partial charge in [-0.25, -0.2) is 4.79 Å². The Morgan fingerprint density at radius 1 is 1.39 bits per heavy atom. The number of esters is 1. The fourth-order valence-electron chi connectivity index (χ4n) is 1.57. The Morgan fingerprint density at radius 2 is 2.11 bits per heavy atom. The molecule has 0 saturated carbocycles. The number of carboxylic acid groups (broad SMARTS) is 1. The van der Waals surface area contributed by atoms with E-state index in [9.17, 15) is 9.59 Å². The number of carbonyl (C=O) groups excluding carboxylic acids is 1. The number of aliphatic carboxylic acids is 1. The van der Waals surface area contributed by atoms with E-state index in [4.69, 9.17) is 21.4 Å². The summed E-state index contributed by atoms with van der Waals surface area (Å²) in [5.41, 5.74) is 1.95. The summed E-state index contributed by atoms with van der Waals surface area (Å²) in [7, 11) is 0. The number of aryl methyl sites for hydroxylation is 1. The van der Waals surface area contributed by atoms with Gasteiger partial charge in [-0.3, -0.25) is 4.79 Å². The highest BCUT2D eigenvalue weighted by Gasteiger charge is 2.12. The van der Waals surface area contributed by atoms with E-state index in [0.29, 0.717) is 24.2 Å². The van der Waals surface area contributed by atoms with Crippen LogP contribution in [0.15, 0.2) is 18.2 Å². The number of rotatable bonds is 6. The van der Waals surface area contributed by atoms with Crippen LogP contribution in [-0.4, -0.2) is 23.7 Å². The summed E-state index contributed by atoms with van der Waals surface area (Å²) in [5, 5.41) is 8.61. The third-order valence-electron chi connectivity index (χ3n) is 2.44. The fourth-order valence-corrected chi connectivity index (χ4v) is 1.79. The van der Waals surface area contributed by atoms with Crippen molar-refractivity contribution in [2.24, 2.45) is 0 Å². The Morgan fingerprint density at radius 3 is 2.67 bits per heavy atom. The first-order valence-corrected chi connectivity index (χ1v) is 6.18. The Labute approximate surface area is 111 Å². The van der Waals surface area contributed by atoms with Crippen molar-refractivity contribution in [2.45, 2.75) is 25.6 Å². The predicted octanol–water partition coefficient (Wildman–Crippen LogP) is 2.62.